The molecule has 0 fully saturated rings. The van der Waals surface area contributed by atoms with E-state index in [2.05, 4.69) is 46.1 Å². The molecule has 36 valence electrons. The summed E-state index contributed by atoms with van der Waals surface area (Å²) in [6, 6.07) is 0. The second-order valence-electron chi connectivity index (χ2n) is 0.933. The molecule has 0 aromatic carbocycles. The highest BCUT2D eigenvalue weighted by atomic mass is 27.0. The van der Waals surface area contributed by atoms with Crippen molar-refractivity contribution in [3.8, 4) is 0 Å². The topological polar surface area (TPSA) is 0 Å². The monoisotopic (exact) mass is 124 g/mol. The molecule has 7 heavy (non-hydrogen) atoms. The molecular formula is C5H10Al2. The minimum absolute atomic E-state index is 1.00. The van der Waals surface area contributed by atoms with Gasteiger partial charge < -0.3 is 0 Å². The van der Waals surface area contributed by atoms with Crippen molar-refractivity contribution in [1.29, 1.82) is 0 Å². The third-order valence-corrected chi connectivity index (χ3v) is 0.500. The van der Waals surface area contributed by atoms with E-state index in [1.54, 1.807) is 0 Å². The number of rotatable bonds is 1. The first-order valence-electron chi connectivity index (χ1n) is 2.34. The Morgan fingerprint density at radius 2 is 1.71 bits per heavy atom. The van der Waals surface area contributed by atoms with Crippen LogP contribution in [0.4, 0.5) is 0 Å². The quantitative estimate of drug-likeness (QED) is 0.365. The summed E-state index contributed by atoms with van der Waals surface area (Å²) in [7, 11) is 0. The lowest BCUT2D eigenvalue weighted by Gasteiger charge is -1.58. The zero-order valence-electron chi connectivity index (χ0n) is 4.85. The lowest BCUT2D eigenvalue weighted by atomic mass is 10.8. The predicted octanol–water partition coefficient (Wildman–Crippen LogP) is 1.35. The van der Waals surface area contributed by atoms with Gasteiger partial charge in [-0.05, 0) is 0 Å². The number of allylic oxidation sites excluding steroid dienone is 1. The van der Waals surface area contributed by atoms with E-state index in [0.717, 1.165) is 5.28 Å². The number of hydrogen-bond donors (Lipinski definition) is 0. The molecule has 0 atom stereocenters. The highest BCUT2D eigenvalue weighted by Gasteiger charge is 1.46. The van der Waals surface area contributed by atoms with Gasteiger partial charge >= 0.3 is 0 Å². The van der Waals surface area contributed by atoms with E-state index in [4.69, 9.17) is 0 Å². The van der Waals surface area contributed by atoms with Gasteiger partial charge in [-0.15, -0.1) is 23.2 Å². The Bertz CT molecular complexity index is 27.3. The maximum absolute atomic E-state index is 3.46. The molecule has 2 heteroatoms. The Labute approximate surface area is 62.8 Å². The van der Waals surface area contributed by atoms with Gasteiger partial charge in [0.15, 0.2) is 0 Å². The molecule has 0 unspecified atom stereocenters. The van der Waals surface area contributed by atoms with E-state index in [1.165, 1.54) is 5.28 Å². The van der Waals surface area contributed by atoms with E-state index < -0.39 is 0 Å². The van der Waals surface area contributed by atoms with Crippen LogP contribution in [-0.4, -0.2) is 32.6 Å². The minimum Gasteiger partial charge on any atom is -0.120 e. The summed E-state index contributed by atoms with van der Waals surface area (Å²) in [6.07, 6.45) is 1.84. The molecule has 0 aliphatic rings. The standard InChI is InChI=1S/C3H5.C2H5.2Al/c1-3-2;1-2;;/h3H,1-2H2;1H2,2H3;;. The predicted molar refractivity (Wildman–Crippen MR) is 37.0 cm³/mol. The maximum atomic E-state index is 3.46. The largest absolute Gasteiger partial charge is 0.124 e. The van der Waals surface area contributed by atoms with Crippen LogP contribution in [0, 0.1) is 0 Å². The Kier molecular flexibility index (Phi) is 24.3. The van der Waals surface area contributed by atoms with E-state index in [9.17, 15) is 0 Å². The van der Waals surface area contributed by atoms with E-state index in [-0.39, 0.29) is 0 Å². The first-order chi connectivity index (χ1) is 3.33. The first kappa shape index (κ1) is 10.7. The molecule has 0 saturated carbocycles. The highest BCUT2D eigenvalue weighted by Crippen LogP contribution is 1.61. The summed E-state index contributed by atoms with van der Waals surface area (Å²) >= 11 is 5.12. The molecule has 0 N–H and O–H groups in total. The van der Waals surface area contributed by atoms with E-state index in [1.807, 2.05) is 6.08 Å². The Hall–Kier alpha value is 0.805. The fourth-order valence-corrected chi connectivity index (χ4v) is 0. The fourth-order valence-electron chi connectivity index (χ4n) is 0. The van der Waals surface area contributed by atoms with Gasteiger partial charge in [0.25, 0.3) is 0 Å². The average molecular weight is 124 g/mol. The Morgan fingerprint density at radius 1 is 1.57 bits per heavy atom. The summed E-state index contributed by atoms with van der Waals surface area (Å²) in [4.78, 5) is 0. The van der Waals surface area contributed by atoms with Gasteiger partial charge in [0, 0.05) is 0 Å². The third kappa shape index (κ3) is 48.2. The van der Waals surface area contributed by atoms with Crippen LogP contribution in [0.15, 0.2) is 12.7 Å². The number of hydrogen-bond acceptors (Lipinski definition) is 0. The Balaban J connectivity index is 0. The van der Waals surface area contributed by atoms with Gasteiger partial charge in [-0.3, -0.25) is 0 Å². The van der Waals surface area contributed by atoms with Gasteiger partial charge in [-0.2, -0.15) is 0 Å². The molecule has 0 spiro atoms. The van der Waals surface area contributed by atoms with Gasteiger partial charge in [0.2, 0.25) is 0 Å². The van der Waals surface area contributed by atoms with Crippen molar-refractivity contribution in [2.45, 2.75) is 17.5 Å². The summed E-state index contributed by atoms with van der Waals surface area (Å²) in [6.45, 7) is 5.55. The smallest absolute Gasteiger partial charge is 0.120 e. The minimum atomic E-state index is 1.00. The second kappa shape index (κ2) is 15.8. The average Bonchev–Trinajstić information content (AvgIpc) is 1.69. The third-order valence-electron chi connectivity index (χ3n) is 0.167. The van der Waals surface area contributed by atoms with Crippen molar-refractivity contribution in [3.05, 3.63) is 12.7 Å². The summed E-state index contributed by atoms with van der Waals surface area (Å²) in [5.74, 6) is 0. The SMILES string of the molecule is C=C[CH2][Al].C[CH2][Al]. The Morgan fingerprint density at radius 3 is 1.71 bits per heavy atom. The van der Waals surface area contributed by atoms with Gasteiger partial charge in [0.1, 0.15) is 32.6 Å². The molecule has 0 bridgehead atoms. The molecular weight excluding hydrogens is 114 g/mol. The molecule has 4 radical (unpaired) electrons. The highest BCUT2D eigenvalue weighted by molar-refractivity contribution is 6.09. The lowest BCUT2D eigenvalue weighted by Crippen LogP contribution is -1.47. The molecule has 0 rings (SSSR count). The van der Waals surface area contributed by atoms with Crippen molar-refractivity contribution in [1.82, 2.24) is 0 Å². The van der Waals surface area contributed by atoms with Gasteiger partial charge in [-0.25, -0.2) is 0 Å². The summed E-state index contributed by atoms with van der Waals surface area (Å²) < 4.78 is 0. The molecule has 0 aliphatic heterocycles. The first-order valence-corrected chi connectivity index (χ1v) is 3.97. The molecule has 0 aromatic heterocycles. The zero-order valence-corrected chi connectivity index (χ0v) is 7.16. The van der Waals surface area contributed by atoms with Crippen LogP contribution >= 0.6 is 0 Å². The molecule has 0 aromatic rings. The van der Waals surface area contributed by atoms with Crippen LogP contribution in [0.5, 0.6) is 0 Å². The molecule has 0 aliphatic carbocycles. The van der Waals surface area contributed by atoms with Crippen LogP contribution < -0.4 is 0 Å². The molecule has 0 saturated heterocycles. The normalized spacial score (nSPS) is 5.86. The lowest BCUT2D eigenvalue weighted by molar-refractivity contribution is 1.48. The van der Waals surface area contributed by atoms with E-state index in [0.29, 0.717) is 0 Å². The fraction of sp³-hybridized carbons (Fsp3) is 0.600. The van der Waals surface area contributed by atoms with Crippen molar-refractivity contribution in [2.24, 2.45) is 0 Å². The van der Waals surface area contributed by atoms with Crippen LogP contribution in [0.25, 0.3) is 0 Å². The van der Waals surface area contributed by atoms with Crippen LogP contribution in [-0.2, 0) is 0 Å². The zero-order chi connectivity index (χ0) is 6.12. The molecule has 0 nitrogen and oxygen atoms in total. The van der Waals surface area contributed by atoms with Gasteiger partial charge in [-0.1, -0.05) is 6.92 Å². The van der Waals surface area contributed by atoms with Crippen LogP contribution in [0.2, 0.25) is 10.6 Å². The summed E-state index contributed by atoms with van der Waals surface area (Å²) in [5.41, 5.74) is 0. The van der Waals surface area contributed by atoms with E-state index >= 15 is 0 Å². The van der Waals surface area contributed by atoms with Crippen molar-refractivity contribution < 1.29 is 0 Å². The molecule has 0 heterocycles. The van der Waals surface area contributed by atoms with Crippen molar-refractivity contribution in [2.75, 3.05) is 0 Å². The molecule has 0 amide bonds. The maximum Gasteiger partial charge on any atom is 0.124 e. The van der Waals surface area contributed by atoms with Crippen LogP contribution in [0.1, 0.15) is 6.92 Å². The summed E-state index contributed by atoms with van der Waals surface area (Å²) in [5, 5.41) is 2.17. The van der Waals surface area contributed by atoms with Gasteiger partial charge in [0.05, 0.1) is 0 Å². The second-order valence-corrected chi connectivity index (χ2v) is 2.22. The van der Waals surface area contributed by atoms with Crippen molar-refractivity contribution in [3.63, 3.8) is 0 Å². The van der Waals surface area contributed by atoms with Crippen LogP contribution in [0.3, 0.4) is 0 Å². The van der Waals surface area contributed by atoms with Crippen molar-refractivity contribution >= 4 is 32.6 Å².